The smallest absolute Gasteiger partial charge is 0.0926 e. The van der Waals surface area contributed by atoms with Crippen LogP contribution in [0.1, 0.15) is 6.42 Å². The number of nitrogens with zero attached hydrogens (tertiary/aromatic N) is 1. The molecule has 0 fully saturated rings. The van der Waals surface area contributed by atoms with Crippen molar-refractivity contribution in [1.82, 2.24) is 10.6 Å². The van der Waals surface area contributed by atoms with E-state index in [-0.39, 0.29) is 0 Å². The van der Waals surface area contributed by atoms with Gasteiger partial charge in [-0.25, -0.2) is 4.99 Å². The van der Waals surface area contributed by atoms with Crippen molar-refractivity contribution in [3.63, 3.8) is 0 Å². The van der Waals surface area contributed by atoms with Crippen LogP contribution in [-0.4, -0.2) is 19.4 Å². The Kier molecular flexibility index (Phi) is 1.51. The maximum atomic E-state index is 4.24. The van der Waals surface area contributed by atoms with Crippen LogP contribution in [0.4, 0.5) is 0 Å². The van der Waals surface area contributed by atoms with Gasteiger partial charge < -0.3 is 10.6 Å². The van der Waals surface area contributed by atoms with Gasteiger partial charge >= 0.3 is 0 Å². The lowest BCUT2D eigenvalue weighted by Crippen LogP contribution is -2.30. The van der Waals surface area contributed by atoms with Crippen molar-refractivity contribution in [2.45, 2.75) is 6.42 Å². The molecular weight excluding hydrogens is 138 g/mol. The van der Waals surface area contributed by atoms with E-state index in [0.717, 1.165) is 25.2 Å². The number of nitrogens with one attached hydrogen (secondary N) is 2. The molecule has 2 rings (SSSR count). The third-order valence-corrected chi connectivity index (χ3v) is 2.01. The lowest BCUT2D eigenvalue weighted by molar-refractivity contribution is 0.667. The number of aliphatic imine (C=N–C) groups is 1. The first-order valence-electron chi connectivity index (χ1n) is 3.79. The summed E-state index contributed by atoms with van der Waals surface area (Å²) in [5.74, 6) is 0. The number of rotatable bonds is 0. The molecule has 0 unspecified atom stereocenters. The van der Waals surface area contributed by atoms with Crippen LogP contribution in [0.15, 0.2) is 28.5 Å². The van der Waals surface area contributed by atoms with E-state index in [9.17, 15) is 0 Å². The maximum absolute atomic E-state index is 4.24. The summed E-state index contributed by atoms with van der Waals surface area (Å²) in [5, 5.41) is 6.28. The highest BCUT2D eigenvalue weighted by molar-refractivity contribution is 5.65. The first-order chi connectivity index (χ1) is 5.38. The zero-order chi connectivity index (χ0) is 7.68. The summed E-state index contributed by atoms with van der Waals surface area (Å²) in [4.78, 5) is 4.24. The molecule has 2 heterocycles. The van der Waals surface area contributed by atoms with Crippen molar-refractivity contribution in [1.29, 1.82) is 0 Å². The molecule has 3 nitrogen and oxygen atoms in total. The summed E-state index contributed by atoms with van der Waals surface area (Å²) in [6.45, 7) is 5.83. The molecule has 2 aliphatic heterocycles. The minimum atomic E-state index is 0.901. The van der Waals surface area contributed by atoms with Crippen molar-refractivity contribution in [2.75, 3.05) is 13.1 Å². The second kappa shape index (κ2) is 2.51. The Morgan fingerprint density at radius 3 is 3.27 bits per heavy atom. The largest absolute Gasteiger partial charge is 0.347 e. The van der Waals surface area contributed by atoms with E-state index in [1.165, 1.54) is 11.3 Å². The maximum Gasteiger partial charge on any atom is 0.0926 e. The Morgan fingerprint density at radius 1 is 1.55 bits per heavy atom. The fraction of sp³-hybridized carbons (Fsp3) is 0.375. The minimum absolute atomic E-state index is 0.901. The highest BCUT2D eigenvalue weighted by Crippen LogP contribution is 2.19. The minimum Gasteiger partial charge on any atom is -0.347 e. The zero-order valence-electron chi connectivity index (χ0n) is 6.35. The van der Waals surface area contributed by atoms with E-state index >= 15 is 0 Å². The predicted molar refractivity (Wildman–Crippen MR) is 45.3 cm³/mol. The standard InChI is InChI=1S/C8H11N3/c1-6-7-4-9-3-2-8(7)11-5-10-6/h5,9H,1-4H2,(H,10,11). The molecular formula is C8H11N3. The molecule has 0 saturated carbocycles. The third-order valence-electron chi connectivity index (χ3n) is 2.01. The Hall–Kier alpha value is -1.09. The SMILES string of the molecule is C=C1NC=NC2=C1CNCC2. The fourth-order valence-corrected chi connectivity index (χ4v) is 1.37. The van der Waals surface area contributed by atoms with E-state index in [2.05, 4.69) is 22.2 Å². The average molecular weight is 149 g/mol. The number of hydrogen-bond donors (Lipinski definition) is 2. The van der Waals surface area contributed by atoms with Crippen LogP contribution in [-0.2, 0) is 0 Å². The Morgan fingerprint density at radius 2 is 2.45 bits per heavy atom. The van der Waals surface area contributed by atoms with Gasteiger partial charge in [-0.05, 0) is 0 Å². The first-order valence-corrected chi connectivity index (χ1v) is 3.79. The molecule has 0 atom stereocenters. The molecule has 0 bridgehead atoms. The van der Waals surface area contributed by atoms with Gasteiger partial charge in [0.1, 0.15) is 0 Å². The van der Waals surface area contributed by atoms with Gasteiger partial charge in [-0.3, -0.25) is 0 Å². The summed E-state index contributed by atoms with van der Waals surface area (Å²) in [6, 6.07) is 0. The van der Waals surface area contributed by atoms with Crippen LogP contribution in [0.2, 0.25) is 0 Å². The van der Waals surface area contributed by atoms with Crippen LogP contribution in [0.3, 0.4) is 0 Å². The summed E-state index contributed by atoms with van der Waals surface area (Å²) in [6.07, 6.45) is 2.74. The lowest BCUT2D eigenvalue weighted by Gasteiger charge is -2.23. The summed E-state index contributed by atoms with van der Waals surface area (Å²) < 4.78 is 0. The Labute approximate surface area is 65.9 Å². The molecule has 0 saturated heterocycles. The molecule has 0 aliphatic carbocycles. The van der Waals surface area contributed by atoms with Gasteiger partial charge in [-0.2, -0.15) is 0 Å². The Balaban J connectivity index is 2.35. The number of hydrogen-bond acceptors (Lipinski definition) is 3. The van der Waals surface area contributed by atoms with Crippen LogP contribution < -0.4 is 10.6 Å². The second-order valence-corrected chi connectivity index (χ2v) is 2.73. The summed E-state index contributed by atoms with van der Waals surface area (Å²) >= 11 is 0. The van der Waals surface area contributed by atoms with E-state index in [1.54, 1.807) is 6.34 Å². The molecule has 0 spiro atoms. The van der Waals surface area contributed by atoms with E-state index < -0.39 is 0 Å². The van der Waals surface area contributed by atoms with Gasteiger partial charge in [-0.15, -0.1) is 0 Å². The molecule has 0 aromatic heterocycles. The highest BCUT2D eigenvalue weighted by Gasteiger charge is 2.15. The second-order valence-electron chi connectivity index (χ2n) is 2.73. The highest BCUT2D eigenvalue weighted by atomic mass is 15.0. The molecule has 3 heteroatoms. The monoisotopic (exact) mass is 149 g/mol. The van der Waals surface area contributed by atoms with Crippen molar-refractivity contribution < 1.29 is 0 Å². The van der Waals surface area contributed by atoms with Gasteiger partial charge in [0.25, 0.3) is 0 Å². The topological polar surface area (TPSA) is 36.4 Å². The van der Waals surface area contributed by atoms with Crippen LogP contribution in [0, 0.1) is 0 Å². The van der Waals surface area contributed by atoms with Crippen molar-refractivity contribution in [2.24, 2.45) is 4.99 Å². The molecule has 0 radical (unpaired) electrons. The van der Waals surface area contributed by atoms with Gasteiger partial charge in [-0.1, -0.05) is 6.58 Å². The lowest BCUT2D eigenvalue weighted by atomic mass is 10.0. The Bertz CT molecular complexity index is 250. The summed E-state index contributed by atoms with van der Waals surface area (Å²) in [7, 11) is 0. The van der Waals surface area contributed by atoms with E-state index in [0.29, 0.717) is 0 Å². The van der Waals surface area contributed by atoms with Gasteiger partial charge in [0.05, 0.1) is 6.34 Å². The zero-order valence-corrected chi connectivity index (χ0v) is 6.35. The van der Waals surface area contributed by atoms with Crippen molar-refractivity contribution in [3.8, 4) is 0 Å². The predicted octanol–water partition coefficient (Wildman–Crippen LogP) is 0.379. The normalized spacial score (nSPS) is 23.1. The molecule has 0 amide bonds. The summed E-state index contributed by atoms with van der Waals surface area (Å²) in [5.41, 5.74) is 3.41. The third kappa shape index (κ3) is 1.07. The van der Waals surface area contributed by atoms with Gasteiger partial charge in [0.2, 0.25) is 0 Å². The van der Waals surface area contributed by atoms with Crippen molar-refractivity contribution in [3.05, 3.63) is 23.5 Å². The molecule has 2 aliphatic rings. The molecule has 58 valence electrons. The van der Waals surface area contributed by atoms with Crippen LogP contribution >= 0.6 is 0 Å². The van der Waals surface area contributed by atoms with Crippen LogP contribution in [0.25, 0.3) is 0 Å². The average Bonchev–Trinajstić information content (AvgIpc) is 2.06. The van der Waals surface area contributed by atoms with E-state index in [1.807, 2.05) is 0 Å². The van der Waals surface area contributed by atoms with Crippen LogP contribution in [0.5, 0.6) is 0 Å². The molecule has 11 heavy (non-hydrogen) atoms. The first kappa shape index (κ1) is 6.61. The van der Waals surface area contributed by atoms with Gasteiger partial charge in [0.15, 0.2) is 0 Å². The fourth-order valence-electron chi connectivity index (χ4n) is 1.37. The van der Waals surface area contributed by atoms with Crippen molar-refractivity contribution >= 4 is 6.34 Å². The van der Waals surface area contributed by atoms with E-state index in [4.69, 9.17) is 0 Å². The quantitative estimate of drug-likeness (QED) is 0.522. The molecule has 0 aromatic rings. The molecule has 0 aromatic carbocycles. The molecule has 2 N–H and O–H groups in total. The van der Waals surface area contributed by atoms with Gasteiger partial charge in [0, 0.05) is 36.5 Å².